The van der Waals surface area contributed by atoms with E-state index < -0.39 is 22.5 Å². The lowest BCUT2D eigenvalue weighted by atomic mass is 10.0. The molecule has 0 radical (unpaired) electrons. The van der Waals surface area contributed by atoms with Crippen LogP contribution in [0.4, 0.5) is 5.69 Å². The third kappa shape index (κ3) is 3.60. The number of thiophene rings is 1. The van der Waals surface area contributed by atoms with Crippen LogP contribution in [0.3, 0.4) is 0 Å². The third-order valence-corrected chi connectivity index (χ3v) is 7.24. The Hall–Kier alpha value is -3.77. The molecule has 0 unspecified atom stereocenters. The first kappa shape index (κ1) is 22.0. The van der Waals surface area contributed by atoms with Crippen molar-refractivity contribution in [1.29, 1.82) is 0 Å². The zero-order valence-electron chi connectivity index (χ0n) is 18.0. The fourth-order valence-corrected chi connectivity index (χ4v) is 5.73. The van der Waals surface area contributed by atoms with Crippen LogP contribution < -0.4 is 24.4 Å². The molecule has 1 atom stereocenters. The Morgan fingerprint density at radius 2 is 2.15 bits per heavy atom. The number of carbonyl (C=O) groups is 1. The van der Waals surface area contributed by atoms with Crippen molar-refractivity contribution in [2.75, 3.05) is 13.4 Å². The lowest BCUT2D eigenvalue weighted by Gasteiger charge is -2.23. The summed E-state index contributed by atoms with van der Waals surface area (Å²) < 4.78 is 17.5. The normalized spacial score (nSPS) is 16.9. The van der Waals surface area contributed by atoms with Gasteiger partial charge in [0.2, 0.25) is 6.79 Å². The molecule has 0 bridgehead atoms. The summed E-state index contributed by atoms with van der Waals surface area (Å²) in [5, 5.41) is 13.5. The lowest BCUT2D eigenvalue weighted by molar-refractivity contribution is -0.385. The second-order valence-electron chi connectivity index (χ2n) is 7.34. The van der Waals surface area contributed by atoms with E-state index in [9.17, 15) is 19.7 Å². The van der Waals surface area contributed by atoms with Crippen LogP contribution in [0.25, 0.3) is 6.08 Å². The molecule has 10 nitrogen and oxygen atoms in total. The SMILES string of the molecule is CCOC(=O)C1=C(C)N=c2s/c(=C\c3cc4c(cc3[N+](=O)[O-])OCO4)c(=O)n2[C@H]1c1cccs1. The summed E-state index contributed by atoms with van der Waals surface area (Å²) in [7, 11) is 0. The van der Waals surface area contributed by atoms with E-state index >= 15 is 0 Å². The van der Waals surface area contributed by atoms with Crippen molar-refractivity contribution in [3.05, 3.63) is 81.2 Å². The summed E-state index contributed by atoms with van der Waals surface area (Å²) in [6, 6.07) is 5.73. The van der Waals surface area contributed by atoms with E-state index in [-0.39, 0.29) is 40.5 Å². The first-order valence-corrected chi connectivity index (χ1v) is 11.9. The number of allylic oxidation sites excluding steroid dienone is 1. The van der Waals surface area contributed by atoms with Crippen LogP contribution in [0.1, 0.15) is 30.3 Å². The zero-order chi connectivity index (χ0) is 24.0. The van der Waals surface area contributed by atoms with Gasteiger partial charge in [-0.25, -0.2) is 9.79 Å². The van der Waals surface area contributed by atoms with Crippen molar-refractivity contribution in [1.82, 2.24) is 4.57 Å². The monoisotopic (exact) mass is 499 g/mol. The Morgan fingerprint density at radius 1 is 1.38 bits per heavy atom. The van der Waals surface area contributed by atoms with Crippen molar-refractivity contribution < 1.29 is 23.9 Å². The van der Waals surface area contributed by atoms with Gasteiger partial charge in [-0.15, -0.1) is 11.3 Å². The third-order valence-electron chi connectivity index (χ3n) is 5.33. The highest BCUT2D eigenvalue weighted by molar-refractivity contribution is 7.10. The number of benzene rings is 1. The maximum absolute atomic E-state index is 13.6. The molecule has 4 heterocycles. The average molecular weight is 500 g/mol. The summed E-state index contributed by atoms with van der Waals surface area (Å²) in [5.74, 6) is 0.0991. The second kappa shape index (κ2) is 8.54. The Morgan fingerprint density at radius 3 is 2.82 bits per heavy atom. The van der Waals surface area contributed by atoms with Gasteiger partial charge in [0.25, 0.3) is 11.2 Å². The van der Waals surface area contributed by atoms with E-state index in [0.717, 1.165) is 16.2 Å². The summed E-state index contributed by atoms with van der Waals surface area (Å²) in [6.07, 6.45) is 1.44. The van der Waals surface area contributed by atoms with Gasteiger partial charge in [0.05, 0.1) is 39.0 Å². The van der Waals surface area contributed by atoms with E-state index in [1.807, 2.05) is 17.5 Å². The molecule has 2 aliphatic rings. The minimum absolute atomic E-state index is 0.0329. The minimum Gasteiger partial charge on any atom is -0.463 e. The van der Waals surface area contributed by atoms with Crippen LogP contribution >= 0.6 is 22.7 Å². The average Bonchev–Trinajstić information content (AvgIpc) is 3.53. The van der Waals surface area contributed by atoms with Gasteiger partial charge in [-0.2, -0.15) is 0 Å². The number of hydrogen-bond acceptors (Lipinski definition) is 10. The van der Waals surface area contributed by atoms with Crippen molar-refractivity contribution in [2.45, 2.75) is 19.9 Å². The fraction of sp³-hybridized carbons (Fsp3) is 0.227. The number of esters is 1. The number of fused-ring (bicyclic) bond motifs is 2. The van der Waals surface area contributed by atoms with Crippen LogP contribution in [-0.4, -0.2) is 28.9 Å². The number of hydrogen-bond donors (Lipinski definition) is 0. The molecule has 2 aromatic heterocycles. The van der Waals surface area contributed by atoms with Gasteiger partial charge in [0.1, 0.15) is 6.04 Å². The van der Waals surface area contributed by atoms with Gasteiger partial charge >= 0.3 is 5.97 Å². The molecule has 1 aromatic carbocycles. The van der Waals surface area contributed by atoms with Crippen molar-refractivity contribution in [3.8, 4) is 11.5 Å². The molecular formula is C22H17N3O7S2. The molecule has 2 aliphatic heterocycles. The lowest BCUT2D eigenvalue weighted by Crippen LogP contribution is -2.39. The van der Waals surface area contributed by atoms with Crippen molar-refractivity contribution >= 4 is 40.4 Å². The predicted octanol–water partition coefficient (Wildman–Crippen LogP) is 2.50. The molecule has 12 heteroatoms. The first-order valence-electron chi connectivity index (χ1n) is 10.2. The molecule has 0 fully saturated rings. The Labute approximate surface area is 199 Å². The molecule has 0 saturated carbocycles. The molecule has 0 amide bonds. The molecule has 5 rings (SSSR count). The maximum atomic E-state index is 13.6. The predicted molar refractivity (Wildman–Crippen MR) is 124 cm³/mol. The molecule has 34 heavy (non-hydrogen) atoms. The van der Waals surface area contributed by atoms with E-state index in [1.165, 1.54) is 34.1 Å². The van der Waals surface area contributed by atoms with Crippen molar-refractivity contribution in [2.24, 2.45) is 4.99 Å². The topological polar surface area (TPSA) is 122 Å². The van der Waals surface area contributed by atoms with Crippen LogP contribution in [-0.2, 0) is 9.53 Å². The Balaban J connectivity index is 1.72. The highest BCUT2D eigenvalue weighted by Crippen LogP contribution is 2.38. The maximum Gasteiger partial charge on any atom is 0.338 e. The van der Waals surface area contributed by atoms with E-state index in [1.54, 1.807) is 13.8 Å². The summed E-state index contributed by atoms with van der Waals surface area (Å²) in [5.41, 5.74) is 0.321. The van der Waals surface area contributed by atoms with Gasteiger partial charge in [-0.05, 0) is 37.4 Å². The number of nitrogens with zero attached hydrogens (tertiary/aromatic N) is 3. The van der Waals surface area contributed by atoms with Gasteiger partial charge in [-0.3, -0.25) is 19.5 Å². The highest BCUT2D eigenvalue weighted by Gasteiger charge is 2.34. The number of nitro benzene ring substituents is 1. The smallest absolute Gasteiger partial charge is 0.338 e. The highest BCUT2D eigenvalue weighted by atomic mass is 32.1. The summed E-state index contributed by atoms with van der Waals surface area (Å²) >= 11 is 2.50. The van der Waals surface area contributed by atoms with E-state index in [4.69, 9.17) is 14.2 Å². The van der Waals surface area contributed by atoms with Crippen LogP contribution in [0.15, 0.2) is 50.7 Å². The van der Waals surface area contributed by atoms with Crippen LogP contribution in [0, 0.1) is 10.1 Å². The summed E-state index contributed by atoms with van der Waals surface area (Å²) in [4.78, 5) is 43.1. The molecule has 0 aliphatic carbocycles. The summed E-state index contributed by atoms with van der Waals surface area (Å²) in [6.45, 7) is 3.56. The molecule has 0 N–H and O–H groups in total. The van der Waals surface area contributed by atoms with E-state index in [2.05, 4.69) is 4.99 Å². The molecule has 174 valence electrons. The number of nitro groups is 1. The number of carbonyl (C=O) groups excluding carboxylic acids is 1. The second-order valence-corrected chi connectivity index (χ2v) is 9.33. The molecule has 0 spiro atoms. The number of thiazole rings is 1. The first-order chi connectivity index (χ1) is 16.4. The van der Waals surface area contributed by atoms with Crippen LogP contribution in [0.2, 0.25) is 0 Å². The zero-order valence-corrected chi connectivity index (χ0v) is 19.6. The van der Waals surface area contributed by atoms with Gasteiger partial charge in [-0.1, -0.05) is 17.4 Å². The number of rotatable bonds is 5. The van der Waals surface area contributed by atoms with Crippen LogP contribution in [0.5, 0.6) is 11.5 Å². The number of ether oxygens (including phenoxy) is 3. The standard InChI is InChI=1S/C22H17N3O7S2/c1-3-30-21(27)18-11(2)23-22-24(19(18)16-5-4-6-33-16)20(26)17(34-22)8-12-7-14-15(32-10-31-14)9-13(12)25(28)29/h4-9,19H,3,10H2,1-2H3/b17-8-/t19-/m0/s1. The largest absolute Gasteiger partial charge is 0.463 e. The van der Waals surface area contributed by atoms with Gasteiger partial charge in [0, 0.05) is 4.88 Å². The van der Waals surface area contributed by atoms with Crippen molar-refractivity contribution in [3.63, 3.8) is 0 Å². The van der Waals surface area contributed by atoms with Gasteiger partial charge < -0.3 is 14.2 Å². The molecular weight excluding hydrogens is 482 g/mol. The number of aromatic nitrogens is 1. The Kier molecular flexibility index (Phi) is 5.54. The fourth-order valence-electron chi connectivity index (χ4n) is 3.87. The molecule has 0 saturated heterocycles. The van der Waals surface area contributed by atoms with Gasteiger partial charge in [0.15, 0.2) is 16.3 Å². The Bertz CT molecular complexity index is 1530. The minimum atomic E-state index is -0.704. The molecule has 3 aromatic rings. The quantitative estimate of drug-likeness (QED) is 0.300. The van der Waals surface area contributed by atoms with E-state index in [0.29, 0.717) is 16.2 Å².